The Labute approximate surface area is 85.4 Å². The van der Waals surface area contributed by atoms with E-state index in [9.17, 15) is 0 Å². The fraction of sp³-hybridized carbons (Fsp3) is 1.00. The molecule has 4 nitrogen and oxygen atoms in total. The SMILES string of the molecule is CCC(OC)C(OC)(OC)[O][Ti]. The van der Waals surface area contributed by atoms with Gasteiger partial charge in [-0.3, -0.25) is 0 Å². The number of methoxy groups -OCH3 is 3. The zero-order chi connectivity index (χ0) is 9.61. The average molecular weight is 211 g/mol. The summed E-state index contributed by atoms with van der Waals surface area (Å²) in [7, 11) is 4.64. The molecule has 0 aliphatic carbocycles. The molecule has 0 rings (SSSR count). The average Bonchev–Trinajstić information content (AvgIpc) is 2.14. The van der Waals surface area contributed by atoms with Crippen molar-refractivity contribution in [1.82, 2.24) is 0 Å². The monoisotopic (exact) mass is 211 g/mol. The van der Waals surface area contributed by atoms with Crippen LogP contribution in [0.3, 0.4) is 0 Å². The van der Waals surface area contributed by atoms with Crippen LogP contribution in [-0.2, 0) is 38.4 Å². The summed E-state index contributed by atoms with van der Waals surface area (Å²) in [5, 5.41) is 0. The van der Waals surface area contributed by atoms with Gasteiger partial charge in [-0.25, -0.2) is 0 Å². The Kier molecular flexibility index (Phi) is 6.36. The van der Waals surface area contributed by atoms with Crippen molar-refractivity contribution in [2.24, 2.45) is 0 Å². The Morgan fingerprint density at radius 2 is 1.75 bits per heavy atom. The van der Waals surface area contributed by atoms with Crippen LogP contribution < -0.4 is 0 Å². The second-order valence-electron chi connectivity index (χ2n) is 2.25. The Balaban J connectivity index is 4.42. The predicted molar refractivity (Wildman–Crippen MR) is 38.9 cm³/mol. The van der Waals surface area contributed by atoms with Crippen molar-refractivity contribution >= 4 is 0 Å². The van der Waals surface area contributed by atoms with Crippen LogP contribution in [0, 0.1) is 0 Å². The van der Waals surface area contributed by atoms with Gasteiger partial charge in [0, 0.05) is 0 Å². The van der Waals surface area contributed by atoms with Crippen LogP contribution in [0.5, 0.6) is 0 Å². The standard InChI is InChI=1S/C7H15O4.Ti/c1-5-6(9-2)7(8,10-3)11-4;/h6H,5H2,1-4H3;/q-1;+1. The molecule has 71 valence electrons. The first-order valence-electron chi connectivity index (χ1n) is 3.68. The molecule has 0 aliphatic rings. The van der Waals surface area contributed by atoms with E-state index in [1.165, 1.54) is 35.0 Å². The van der Waals surface area contributed by atoms with E-state index in [1.54, 1.807) is 7.11 Å². The first-order chi connectivity index (χ1) is 5.70. The minimum atomic E-state index is -1.08. The molecule has 0 aromatic carbocycles. The van der Waals surface area contributed by atoms with Gasteiger partial charge in [0.2, 0.25) is 0 Å². The van der Waals surface area contributed by atoms with Crippen LogP contribution in [0.2, 0.25) is 0 Å². The van der Waals surface area contributed by atoms with Crippen LogP contribution in [0.1, 0.15) is 13.3 Å². The van der Waals surface area contributed by atoms with Gasteiger partial charge in [-0.2, -0.15) is 0 Å². The zero-order valence-corrected chi connectivity index (χ0v) is 9.48. The zero-order valence-electron chi connectivity index (χ0n) is 7.92. The molecule has 0 aliphatic heterocycles. The number of hydrogen-bond acceptors (Lipinski definition) is 4. The van der Waals surface area contributed by atoms with E-state index in [0.717, 1.165) is 6.42 Å². The molecule has 0 aromatic rings. The summed E-state index contributed by atoms with van der Waals surface area (Å²) in [6.07, 6.45) is 0.531. The first-order valence-corrected chi connectivity index (χ1v) is 4.32. The molecule has 0 spiro atoms. The van der Waals surface area contributed by atoms with Crippen molar-refractivity contribution in [3.05, 3.63) is 0 Å². The molecule has 12 heavy (non-hydrogen) atoms. The van der Waals surface area contributed by atoms with Crippen molar-refractivity contribution < 1.29 is 38.4 Å². The third-order valence-corrected chi connectivity index (χ3v) is 2.21. The van der Waals surface area contributed by atoms with E-state index >= 15 is 0 Å². The molecule has 0 N–H and O–H groups in total. The van der Waals surface area contributed by atoms with E-state index in [2.05, 4.69) is 0 Å². The molecule has 0 heterocycles. The van der Waals surface area contributed by atoms with Gasteiger partial charge in [0.05, 0.1) is 0 Å². The van der Waals surface area contributed by atoms with Gasteiger partial charge in [-0.1, -0.05) is 0 Å². The molecular formula is C7H15O4Ti. The molecule has 0 amide bonds. The van der Waals surface area contributed by atoms with E-state index in [4.69, 9.17) is 17.5 Å². The third-order valence-electron chi connectivity index (χ3n) is 1.76. The van der Waals surface area contributed by atoms with E-state index in [1.807, 2.05) is 6.92 Å². The van der Waals surface area contributed by atoms with Crippen molar-refractivity contribution in [3.8, 4) is 0 Å². The van der Waals surface area contributed by atoms with Gasteiger partial charge in [-0.05, 0) is 0 Å². The van der Waals surface area contributed by atoms with Crippen LogP contribution in [0.4, 0.5) is 0 Å². The second-order valence-corrected chi connectivity index (χ2v) is 2.57. The number of ether oxygens (including phenoxy) is 3. The van der Waals surface area contributed by atoms with Crippen molar-refractivity contribution in [2.45, 2.75) is 25.4 Å². The van der Waals surface area contributed by atoms with E-state index < -0.39 is 5.97 Å². The summed E-state index contributed by atoms with van der Waals surface area (Å²) in [4.78, 5) is 0. The summed E-state index contributed by atoms with van der Waals surface area (Å²) < 4.78 is 20.5. The van der Waals surface area contributed by atoms with Crippen LogP contribution in [-0.4, -0.2) is 33.4 Å². The van der Waals surface area contributed by atoms with Crippen molar-refractivity contribution in [1.29, 1.82) is 0 Å². The van der Waals surface area contributed by atoms with E-state index in [-0.39, 0.29) is 6.10 Å². The van der Waals surface area contributed by atoms with E-state index in [0.29, 0.717) is 0 Å². The van der Waals surface area contributed by atoms with Crippen LogP contribution >= 0.6 is 0 Å². The van der Waals surface area contributed by atoms with Gasteiger partial charge in [0.1, 0.15) is 0 Å². The molecule has 5 heteroatoms. The predicted octanol–water partition coefficient (Wildman–Crippen LogP) is 0.836. The maximum atomic E-state index is 5.16. The fourth-order valence-corrected chi connectivity index (χ4v) is 1.52. The second kappa shape index (κ2) is 6.08. The third kappa shape index (κ3) is 2.52. The number of hydrogen-bond donors (Lipinski definition) is 0. The molecule has 0 saturated heterocycles. The molecule has 0 fully saturated rings. The van der Waals surface area contributed by atoms with Crippen molar-refractivity contribution in [2.75, 3.05) is 21.3 Å². The Morgan fingerprint density at radius 3 is 1.83 bits per heavy atom. The maximum absolute atomic E-state index is 5.16. The first kappa shape index (κ1) is 12.6. The van der Waals surface area contributed by atoms with Gasteiger partial charge in [0.15, 0.2) is 0 Å². The molecule has 0 aromatic heterocycles. The van der Waals surface area contributed by atoms with Gasteiger partial charge in [-0.15, -0.1) is 0 Å². The van der Waals surface area contributed by atoms with Crippen LogP contribution in [0.15, 0.2) is 0 Å². The Bertz CT molecular complexity index is 104. The molecule has 0 radical (unpaired) electrons. The quantitative estimate of drug-likeness (QED) is 0.481. The molecule has 1 unspecified atom stereocenters. The molecule has 0 saturated carbocycles. The normalized spacial score (nSPS) is 14.6. The van der Waals surface area contributed by atoms with Crippen molar-refractivity contribution in [3.63, 3.8) is 0 Å². The summed E-state index contributed by atoms with van der Waals surface area (Å²) >= 11 is 1.52. The van der Waals surface area contributed by atoms with Gasteiger partial charge >= 0.3 is 85.1 Å². The minimum absolute atomic E-state index is 0.225. The van der Waals surface area contributed by atoms with Gasteiger partial charge < -0.3 is 0 Å². The Morgan fingerprint density at radius 1 is 1.25 bits per heavy atom. The number of rotatable bonds is 6. The van der Waals surface area contributed by atoms with Crippen LogP contribution in [0.25, 0.3) is 0 Å². The summed E-state index contributed by atoms with van der Waals surface area (Å²) in [5.74, 6) is -1.08. The molecule has 1 atom stereocenters. The Hall–Kier alpha value is 0.554. The summed E-state index contributed by atoms with van der Waals surface area (Å²) in [6.45, 7) is 1.97. The molecule has 0 bridgehead atoms. The molecular weight excluding hydrogens is 196 g/mol. The summed E-state index contributed by atoms with van der Waals surface area (Å²) in [5.41, 5.74) is 0. The fourth-order valence-electron chi connectivity index (χ4n) is 1.06. The topological polar surface area (TPSA) is 36.9 Å². The van der Waals surface area contributed by atoms with Gasteiger partial charge in [0.25, 0.3) is 0 Å². The summed E-state index contributed by atoms with van der Waals surface area (Å²) in [6, 6.07) is 0.